The second-order valence-corrected chi connectivity index (χ2v) is 5.92. The number of hydrogen-bond acceptors (Lipinski definition) is 2. The number of anilines is 1. The first-order valence-corrected chi connectivity index (χ1v) is 7.49. The van der Waals surface area contributed by atoms with E-state index in [-0.39, 0.29) is 0 Å². The van der Waals surface area contributed by atoms with Crippen molar-refractivity contribution in [2.45, 2.75) is 13.3 Å². The van der Waals surface area contributed by atoms with E-state index in [1.54, 1.807) is 0 Å². The van der Waals surface area contributed by atoms with Gasteiger partial charge in [-0.1, -0.05) is 34.5 Å². The summed E-state index contributed by atoms with van der Waals surface area (Å²) in [6, 6.07) is 11.7. The molecule has 2 aromatic carbocycles. The van der Waals surface area contributed by atoms with Gasteiger partial charge in [0.1, 0.15) is 0 Å². The lowest BCUT2D eigenvalue weighted by atomic mass is 10.1. The van der Waals surface area contributed by atoms with E-state index >= 15 is 0 Å². The minimum atomic E-state index is 0.472. The van der Waals surface area contributed by atoms with Gasteiger partial charge >= 0.3 is 0 Å². The molecule has 3 rings (SSSR count). The van der Waals surface area contributed by atoms with Crippen molar-refractivity contribution in [1.82, 2.24) is 9.55 Å². The minimum absolute atomic E-state index is 0.472. The van der Waals surface area contributed by atoms with Crippen molar-refractivity contribution in [3.05, 3.63) is 51.5 Å². The van der Waals surface area contributed by atoms with Crippen molar-refractivity contribution >= 4 is 44.5 Å². The van der Waals surface area contributed by atoms with Gasteiger partial charge in [-0.15, -0.1) is 0 Å². The summed E-state index contributed by atoms with van der Waals surface area (Å²) < 4.78 is 3.01. The summed E-state index contributed by atoms with van der Waals surface area (Å²) >= 11 is 9.60. The maximum Gasteiger partial charge on any atom is 0.205 e. The molecule has 0 amide bonds. The number of nitrogens with zero attached hydrogens (tertiary/aromatic N) is 2. The molecule has 0 unspecified atom stereocenters. The normalized spacial score (nSPS) is 11.2. The van der Waals surface area contributed by atoms with Crippen molar-refractivity contribution < 1.29 is 0 Å². The van der Waals surface area contributed by atoms with Crippen LogP contribution in [-0.2, 0) is 6.42 Å². The highest BCUT2D eigenvalue weighted by Crippen LogP contribution is 2.29. The molecule has 3 aromatic rings. The molecule has 0 radical (unpaired) electrons. The van der Waals surface area contributed by atoms with Crippen LogP contribution < -0.4 is 5.73 Å². The molecule has 0 saturated carbocycles. The van der Waals surface area contributed by atoms with Gasteiger partial charge in [0.25, 0.3) is 0 Å². The molecule has 0 spiro atoms. The quantitative estimate of drug-likeness (QED) is 0.735. The summed E-state index contributed by atoms with van der Waals surface area (Å²) in [7, 11) is 0. The van der Waals surface area contributed by atoms with Crippen molar-refractivity contribution in [2.24, 2.45) is 0 Å². The Morgan fingerprint density at radius 3 is 2.80 bits per heavy atom. The fourth-order valence-electron chi connectivity index (χ4n) is 2.38. The molecule has 0 aliphatic carbocycles. The second kappa shape index (κ2) is 5.11. The number of nitrogen functional groups attached to an aromatic ring is 1. The fourth-order valence-corrected chi connectivity index (χ4v) is 2.95. The monoisotopic (exact) mass is 349 g/mol. The lowest BCUT2D eigenvalue weighted by Crippen LogP contribution is -2.03. The lowest BCUT2D eigenvalue weighted by molar-refractivity contribution is 1.04. The summed E-state index contributed by atoms with van der Waals surface area (Å²) in [6.45, 7) is 2.12. The third-order valence-corrected chi connectivity index (χ3v) is 4.03. The molecule has 102 valence electrons. The average molecular weight is 351 g/mol. The van der Waals surface area contributed by atoms with Crippen LogP contribution >= 0.6 is 27.5 Å². The molecule has 0 atom stereocenters. The first-order valence-electron chi connectivity index (χ1n) is 6.32. The Balaban J connectivity index is 2.34. The number of aryl methyl sites for hydroxylation is 1. The maximum atomic E-state index is 6.10. The van der Waals surface area contributed by atoms with E-state index < -0.39 is 0 Å². The molecule has 1 aromatic heterocycles. The Hall–Kier alpha value is -1.52. The average Bonchev–Trinajstić information content (AvgIpc) is 2.74. The lowest BCUT2D eigenvalue weighted by Gasteiger charge is -2.12. The number of rotatable bonds is 2. The molecule has 0 saturated heterocycles. The fraction of sp³-hybridized carbons (Fsp3) is 0.133. The Bertz CT molecular complexity index is 795. The number of fused-ring (bicyclic) bond motifs is 1. The van der Waals surface area contributed by atoms with Crippen molar-refractivity contribution in [3.8, 4) is 5.69 Å². The Kier molecular flexibility index (Phi) is 3.44. The van der Waals surface area contributed by atoms with Crippen LogP contribution in [0.2, 0.25) is 5.02 Å². The number of halogens is 2. The topological polar surface area (TPSA) is 43.8 Å². The Labute approximate surface area is 130 Å². The molecule has 5 heteroatoms. The van der Waals surface area contributed by atoms with Crippen LogP contribution in [0.1, 0.15) is 12.5 Å². The van der Waals surface area contributed by atoms with E-state index in [1.807, 2.05) is 34.9 Å². The second-order valence-electron chi connectivity index (χ2n) is 4.57. The summed E-state index contributed by atoms with van der Waals surface area (Å²) in [4.78, 5) is 4.40. The largest absolute Gasteiger partial charge is 0.369 e. The van der Waals surface area contributed by atoms with E-state index in [2.05, 4.69) is 33.9 Å². The number of nitrogens with two attached hydrogens (primary N) is 1. The van der Waals surface area contributed by atoms with Crippen LogP contribution in [0.3, 0.4) is 0 Å². The highest BCUT2D eigenvalue weighted by atomic mass is 79.9. The smallest absolute Gasteiger partial charge is 0.205 e. The highest BCUT2D eigenvalue weighted by molar-refractivity contribution is 9.10. The van der Waals surface area contributed by atoms with Gasteiger partial charge in [-0.3, -0.25) is 4.57 Å². The minimum Gasteiger partial charge on any atom is -0.369 e. The van der Waals surface area contributed by atoms with E-state index in [0.717, 1.165) is 27.6 Å². The zero-order valence-corrected chi connectivity index (χ0v) is 13.2. The van der Waals surface area contributed by atoms with Gasteiger partial charge in [0.05, 0.1) is 16.7 Å². The first-order chi connectivity index (χ1) is 9.60. The molecular formula is C15H13BrClN3. The molecule has 1 heterocycles. The van der Waals surface area contributed by atoms with Crippen LogP contribution in [0.15, 0.2) is 40.9 Å². The molecular weight excluding hydrogens is 338 g/mol. The van der Waals surface area contributed by atoms with Crippen molar-refractivity contribution in [3.63, 3.8) is 0 Å². The predicted octanol–water partition coefficient (Wildman–Crippen LogP) is 4.59. The Morgan fingerprint density at radius 1 is 1.25 bits per heavy atom. The molecule has 0 aliphatic rings. The van der Waals surface area contributed by atoms with Crippen molar-refractivity contribution in [1.29, 1.82) is 0 Å². The molecule has 2 N–H and O–H groups in total. The predicted molar refractivity (Wildman–Crippen MR) is 87.6 cm³/mol. The van der Waals surface area contributed by atoms with Gasteiger partial charge in [-0.05, 0) is 48.4 Å². The first kappa shape index (κ1) is 13.5. The third kappa shape index (κ3) is 2.19. The van der Waals surface area contributed by atoms with Crippen LogP contribution in [-0.4, -0.2) is 9.55 Å². The van der Waals surface area contributed by atoms with Crippen LogP contribution in [0, 0.1) is 0 Å². The van der Waals surface area contributed by atoms with Gasteiger partial charge in [-0.2, -0.15) is 0 Å². The molecule has 20 heavy (non-hydrogen) atoms. The summed E-state index contributed by atoms with van der Waals surface area (Å²) in [5, 5.41) is 0.675. The summed E-state index contributed by atoms with van der Waals surface area (Å²) in [5.74, 6) is 0.472. The van der Waals surface area contributed by atoms with Gasteiger partial charge in [-0.25, -0.2) is 4.98 Å². The van der Waals surface area contributed by atoms with Crippen LogP contribution in [0.5, 0.6) is 0 Å². The standard InChI is InChI=1S/C15H13BrClN3/c1-2-9-7-10(16)3-6-13(9)20-14-8-11(17)4-5-12(14)19-15(20)18/h3-8H,2H2,1H3,(H2,18,19). The van der Waals surface area contributed by atoms with Crippen LogP contribution in [0.25, 0.3) is 16.7 Å². The third-order valence-electron chi connectivity index (χ3n) is 3.31. The molecule has 3 nitrogen and oxygen atoms in total. The number of imidazole rings is 1. The SMILES string of the molecule is CCc1cc(Br)ccc1-n1c(N)nc2ccc(Cl)cc21. The summed E-state index contributed by atoms with van der Waals surface area (Å²) in [6.07, 6.45) is 0.911. The summed E-state index contributed by atoms with van der Waals surface area (Å²) in [5.41, 5.74) is 10.1. The van der Waals surface area contributed by atoms with E-state index in [1.165, 1.54) is 5.56 Å². The number of aromatic nitrogens is 2. The van der Waals surface area contributed by atoms with Crippen LogP contribution in [0.4, 0.5) is 5.95 Å². The number of benzene rings is 2. The number of hydrogen-bond donors (Lipinski definition) is 1. The van der Waals surface area contributed by atoms with E-state index in [0.29, 0.717) is 11.0 Å². The van der Waals surface area contributed by atoms with Gasteiger partial charge in [0.2, 0.25) is 5.95 Å². The molecule has 0 bridgehead atoms. The zero-order chi connectivity index (χ0) is 14.3. The van der Waals surface area contributed by atoms with Crippen molar-refractivity contribution in [2.75, 3.05) is 5.73 Å². The maximum absolute atomic E-state index is 6.10. The zero-order valence-electron chi connectivity index (χ0n) is 10.9. The highest BCUT2D eigenvalue weighted by Gasteiger charge is 2.13. The van der Waals surface area contributed by atoms with E-state index in [4.69, 9.17) is 17.3 Å². The van der Waals surface area contributed by atoms with Gasteiger partial charge in [0, 0.05) is 9.50 Å². The molecule has 0 fully saturated rings. The van der Waals surface area contributed by atoms with Gasteiger partial charge in [0.15, 0.2) is 0 Å². The van der Waals surface area contributed by atoms with E-state index in [9.17, 15) is 0 Å². The molecule has 0 aliphatic heterocycles. The Morgan fingerprint density at radius 2 is 2.05 bits per heavy atom. The van der Waals surface area contributed by atoms with Gasteiger partial charge < -0.3 is 5.73 Å².